The van der Waals surface area contributed by atoms with Crippen LogP contribution in [0.25, 0.3) is 0 Å². The molecule has 3 atom stereocenters. The fourth-order valence-corrected chi connectivity index (χ4v) is 4.97. The summed E-state index contributed by atoms with van der Waals surface area (Å²) in [7, 11) is 1.41. The zero-order valence-corrected chi connectivity index (χ0v) is 14.6. The van der Waals surface area contributed by atoms with Gasteiger partial charge in [-0.05, 0) is 32.1 Å². The van der Waals surface area contributed by atoms with E-state index in [-0.39, 0.29) is 23.5 Å². The van der Waals surface area contributed by atoms with E-state index < -0.39 is 0 Å². The molecular formula is C18H30N2O4. The first-order chi connectivity index (χ1) is 11.7. The van der Waals surface area contributed by atoms with Crippen LogP contribution in [0.2, 0.25) is 0 Å². The Morgan fingerprint density at radius 1 is 1.21 bits per heavy atom. The van der Waals surface area contributed by atoms with Crippen molar-refractivity contribution in [3.8, 4) is 0 Å². The van der Waals surface area contributed by atoms with Gasteiger partial charge in [-0.15, -0.1) is 0 Å². The number of unbranched alkanes of at least 4 members (excludes halogenated alkanes) is 2. The summed E-state index contributed by atoms with van der Waals surface area (Å²) in [4.78, 5) is 23.2. The van der Waals surface area contributed by atoms with Crippen LogP contribution in [0.4, 0.5) is 4.79 Å². The summed E-state index contributed by atoms with van der Waals surface area (Å²) >= 11 is 0. The molecular weight excluding hydrogens is 308 g/mol. The van der Waals surface area contributed by atoms with E-state index >= 15 is 0 Å². The molecule has 2 amide bonds. The zero-order chi connectivity index (χ0) is 17.0. The van der Waals surface area contributed by atoms with Gasteiger partial charge in [0.1, 0.15) is 0 Å². The Morgan fingerprint density at radius 3 is 2.75 bits per heavy atom. The number of carbonyl (C=O) groups excluding carboxylic acids is 2. The van der Waals surface area contributed by atoms with Crippen molar-refractivity contribution in [2.24, 2.45) is 11.3 Å². The number of amides is 2. The molecule has 3 rings (SSSR count). The van der Waals surface area contributed by atoms with E-state index in [1.165, 1.54) is 32.8 Å². The van der Waals surface area contributed by atoms with Gasteiger partial charge in [-0.1, -0.05) is 19.3 Å². The van der Waals surface area contributed by atoms with Gasteiger partial charge in [0.05, 0.1) is 13.2 Å². The number of carbonyl (C=O) groups is 2. The van der Waals surface area contributed by atoms with Gasteiger partial charge in [0.15, 0.2) is 0 Å². The fraction of sp³-hybridized carbons (Fsp3) is 0.889. The van der Waals surface area contributed by atoms with Gasteiger partial charge in [0.25, 0.3) is 0 Å². The molecule has 2 aliphatic carbocycles. The first-order valence-electron chi connectivity index (χ1n) is 9.40. The lowest BCUT2D eigenvalue weighted by molar-refractivity contribution is -0.140. The molecule has 6 nitrogen and oxygen atoms in total. The number of hydrogen-bond donors (Lipinski definition) is 2. The van der Waals surface area contributed by atoms with Crippen LogP contribution in [0.3, 0.4) is 0 Å². The van der Waals surface area contributed by atoms with Crippen molar-refractivity contribution in [3.63, 3.8) is 0 Å². The van der Waals surface area contributed by atoms with Crippen LogP contribution in [0, 0.1) is 11.3 Å². The summed E-state index contributed by atoms with van der Waals surface area (Å²) in [6, 6.07) is 0.233. The molecule has 0 aromatic carbocycles. The second-order valence-corrected chi connectivity index (χ2v) is 7.45. The third-order valence-electron chi connectivity index (χ3n) is 6.14. The number of methoxy groups -OCH3 is 1. The van der Waals surface area contributed by atoms with Gasteiger partial charge in [0.2, 0.25) is 0 Å². The zero-order valence-electron chi connectivity index (χ0n) is 14.6. The van der Waals surface area contributed by atoms with E-state index in [2.05, 4.69) is 15.4 Å². The molecule has 2 saturated carbocycles. The highest BCUT2D eigenvalue weighted by atomic mass is 16.5. The molecule has 0 aromatic heterocycles. The molecule has 2 N–H and O–H groups in total. The predicted molar refractivity (Wildman–Crippen MR) is 89.6 cm³/mol. The van der Waals surface area contributed by atoms with Crippen LogP contribution in [-0.2, 0) is 14.3 Å². The summed E-state index contributed by atoms with van der Waals surface area (Å²) < 4.78 is 10.6. The topological polar surface area (TPSA) is 76.7 Å². The van der Waals surface area contributed by atoms with Crippen LogP contribution in [0.15, 0.2) is 0 Å². The average molecular weight is 338 g/mol. The maximum absolute atomic E-state index is 12.2. The van der Waals surface area contributed by atoms with E-state index in [4.69, 9.17) is 4.74 Å². The highest BCUT2D eigenvalue weighted by Crippen LogP contribution is 2.60. The maximum Gasteiger partial charge on any atom is 0.315 e. The highest BCUT2D eigenvalue weighted by Gasteiger charge is 2.65. The monoisotopic (exact) mass is 338 g/mol. The van der Waals surface area contributed by atoms with Gasteiger partial charge >= 0.3 is 12.0 Å². The predicted octanol–water partition coefficient (Wildman–Crippen LogP) is 2.37. The first-order valence-corrected chi connectivity index (χ1v) is 9.40. The fourth-order valence-electron chi connectivity index (χ4n) is 4.97. The molecule has 1 heterocycles. The Balaban J connectivity index is 1.35. The number of rotatable bonds is 7. The number of nitrogens with one attached hydrogen (secondary N) is 2. The lowest BCUT2D eigenvalue weighted by atomic mass is 9.54. The summed E-state index contributed by atoms with van der Waals surface area (Å²) in [5.41, 5.74) is 0.207. The molecule has 24 heavy (non-hydrogen) atoms. The molecule has 0 radical (unpaired) electrons. The molecule has 1 aliphatic heterocycles. The van der Waals surface area contributed by atoms with Crippen molar-refractivity contribution in [1.29, 1.82) is 0 Å². The number of ether oxygens (including phenoxy) is 2. The van der Waals surface area contributed by atoms with Crippen molar-refractivity contribution < 1.29 is 19.1 Å². The van der Waals surface area contributed by atoms with Crippen molar-refractivity contribution >= 4 is 12.0 Å². The lowest BCUT2D eigenvalue weighted by Gasteiger charge is -2.56. The Bertz CT molecular complexity index is 462. The standard InChI is InChI=1S/C18H30N2O4/c1-23-14(21)7-3-2-6-11-19-17(22)20-15-13-8-12-24-16(13)18(15)9-4-5-10-18/h13,15-16H,2-12H2,1H3,(H2,19,20,22). The molecule has 0 bridgehead atoms. The third-order valence-corrected chi connectivity index (χ3v) is 6.14. The SMILES string of the molecule is COC(=O)CCCCCNC(=O)NC1C2CCOC2C12CCCC2. The first kappa shape index (κ1) is 17.5. The number of hydrogen-bond acceptors (Lipinski definition) is 4. The number of urea groups is 1. The maximum atomic E-state index is 12.2. The summed E-state index contributed by atoms with van der Waals surface area (Å²) in [6.45, 7) is 1.49. The summed E-state index contributed by atoms with van der Waals surface area (Å²) in [5.74, 6) is 0.342. The van der Waals surface area contributed by atoms with Gasteiger partial charge in [-0.2, -0.15) is 0 Å². The highest BCUT2D eigenvalue weighted by molar-refractivity contribution is 5.74. The molecule has 1 saturated heterocycles. The molecule has 1 spiro atoms. The Labute approximate surface area is 144 Å². The van der Waals surface area contributed by atoms with Crippen molar-refractivity contribution in [2.45, 2.75) is 69.9 Å². The smallest absolute Gasteiger partial charge is 0.315 e. The lowest BCUT2D eigenvalue weighted by Crippen LogP contribution is -2.69. The van der Waals surface area contributed by atoms with E-state index in [1.807, 2.05) is 0 Å². The van der Waals surface area contributed by atoms with Crippen LogP contribution in [0.5, 0.6) is 0 Å². The molecule has 136 valence electrons. The normalized spacial score (nSPS) is 29.8. The van der Waals surface area contributed by atoms with E-state index in [0.29, 0.717) is 25.0 Å². The Hall–Kier alpha value is -1.30. The Kier molecular flexibility index (Phi) is 5.64. The summed E-state index contributed by atoms with van der Waals surface area (Å²) in [5, 5.41) is 6.20. The second-order valence-electron chi connectivity index (χ2n) is 7.45. The quantitative estimate of drug-likeness (QED) is 0.552. The van der Waals surface area contributed by atoms with Crippen molar-refractivity contribution in [2.75, 3.05) is 20.3 Å². The minimum Gasteiger partial charge on any atom is -0.469 e. The number of esters is 1. The molecule has 0 aromatic rings. The van der Waals surface area contributed by atoms with Crippen molar-refractivity contribution in [1.82, 2.24) is 10.6 Å². The van der Waals surface area contributed by atoms with Gasteiger partial charge in [-0.3, -0.25) is 4.79 Å². The third kappa shape index (κ3) is 3.39. The van der Waals surface area contributed by atoms with Gasteiger partial charge in [-0.25, -0.2) is 4.79 Å². The van der Waals surface area contributed by atoms with E-state index in [1.54, 1.807) is 0 Å². The van der Waals surface area contributed by atoms with E-state index in [9.17, 15) is 9.59 Å². The number of fused-ring (bicyclic) bond motifs is 2. The average Bonchev–Trinajstić information content (AvgIpc) is 3.23. The minimum absolute atomic E-state index is 0.0513. The van der Waals surface area contributed by atoms with Crippen LogP contribution >= 0.6 is 0 Å². The van der Waals surface area contributed by atoms with Crippen LogP contribution < -0.4 is 10.6 Å². The van der Waals surface area contributed by atoms with E-state index in [0.717, 1.165) is 32.3 Å². The summed E-state index contributed by atoms with van der Waals surface area (Å²) in [6.07, 6.45) is 9.41. The van der Waals surface area contributed by atoms with Crippen molar-refractivity contribution in [3.05, 3.63) is 0 Å². The molecule has 3 aliphatic rings. The van der Waals surface area contributed by atoms with Gasteiger partial charge < -0.3 is 20.1 Å². The van der Waals surface area contributed by atoms with Crippen LogP contribution in [-0.4, -0.2) is 44.4 Å². The Morgan fingerprint density at radius 2 is 2.00 bits per heavy atom. The molecule has 6 heteroatoms. The van der Waals surface area contributed by atoms with Crippen LogP contribution in [0.1, 0.15) is 57.8 Å². The second kappa shape index (κ2) is 7.72. The van der Waals surface area contributed by atoms with Gasteiger partial charge in [0, 0.05) is 36.9 Å². The molecule has 3 unspecified atom stereocenters. The minimum atomic E-state index is -0.166. The largest absolute Gasteiger partial charge is 0.469 e. The molecule has 3 fully saturated rings.